The molecule has 23 heavy (non-hydrogen) atoms. The highest BCUT2D eigenvalue weighted by Gasteiger charge is 2.24. The standard InChI is InChI=1S/C16H21N5S2/c1-4-10(2)13(17)14-18-19-15-21(14)20-16(23-15)22-9-12-8-6-5-7-11(12)3/h5-8,10,13H,4,9,17H2,1-3H3/p+1/t10-,13-/m0/s1. The molecule has 0 bridgehead atoms. The summed E-state index contributed by atoms with van der Waals surface area (Å²) in [6, 6.07) is 8.59. The zero-order valence-corrected chi connectivity index (χ0v) is 15.3. The highest BCUT2D eigenvalue weighted by atomic mass is 32.2. The van der Waals surface area contributed by atoms with Gasteiger partial charge in [-0.25, -0.2) is 0 Å². The zero-order valence-electron chi connectivity index (χ0n) is 13.7. The molecule has 2 aromatic heterocycles. The van der Waals surface area contributed by atoms with Gasteiger partial charge in [0.25, 0.3) is 0 Å². The van der Waals surface area contributed by atoms with Crippen LogP contribution in [-0.4, -0.2) is 19.8 Å². The van der Waals surface area contributed by atoms with E-state index >= 15 is 0 Å². The molecule has 0 unspecified atom stereocenters. The van der Waals surface area contributed by atoms with E-state index in [1.54, 1.807) is 23.1 Å². The minimum atomic E-state index is 0.117. The average Bonchev–Trinajstić information content (AvgIpc) is 3.12. The normalized spacial score (nSPS) is 14.3. The lowest BCUT2D eigenvalue weighted by Crippen LogP contribution is -2.57. The van der Waals surface area contributed by atoms with Crippen LogP contribution in [0.25, 0.3) is 4.96 Å². The molecule has 2 atom stereocenters. The van der Waals surface area contributed by atoms with Gasteiger partial charge in [0.2, 0.25) is 10.8 Å². The van der Waals surface area contributed by atoms with Crippen LogP contribution in [0.2, 0.25) is 0 Å². The molecule has 0 amide bonds. The quantitative estimate of drug-likeness (QED) is 0.695. The number of aryl methyl sites for hydroxylation is 1. The fraction of sp³-hybridized carbons (Fsp3) is 0.438. The van der Waals surface area contributed by atoms with Crippen molar-refractivity contribution in [2.24, 2.45) is 5.92 Å². The second-order valence-electron chi connectivity index (χ2n) is 5.83. The Morgan fingerprint density at radius 1 is 1.30 bits per heavy atom. The first kappa shape index (κ1) is 16.4. The van der Waals surface area contributed by atoms with Gasteiger partial charge < -0.3 is 5.73 Å². The van der Waals surface area contributed by atoms with Crippen LogP contribution in [-0.2, 0) is 5.75 Å². The van der Waals surface area contributed by atoms with E-state index < -0.39 is 0 Å². The van der Waals surface area contributed by atoms with Crippen molar-refractivity contribution in [1.29, 1.82) is 0 Å². The third kappa shape index (κ3) is 3.41. The summed E-state index contributed by atoms with van der Waals surface area (Å²) < 4.78 is 2.89. The predicted octanol–water partition coefficient (Wildman–Crippen LogP) is 3.12. The first-order valence-corrected chi connectivity index (χ1v) is 9.63. The monoisotopic (exact) mass is 348 g/mol. The van der Waals surface area contributed by atoms with Gasteiger partial charge in [0, 0.05) is 11.7 Å². The summed E-state index contributed by atoms with van der Waals surface area (Å²) in [5.74, 6) is 2.26. The van der Waals surface area contributed by atoms with Crippen molar-refractivity contribution in [2.45, 2.75) is 43.3 Å². The molecule has 0 saturated heterocycles. The molecule has 5 nitrogen and oxygen atoms in total. The van der Waals surface area contributed by atoms with Crippen LogP contribution >= 0.6 is 23.1 Å². The van der Waals surface area contributed by atoms with Crippen LogP contribution in [0.5, 0.6) is 0 Å². The first-order valence-electron chi connectivity index (χ1n) is 7.82. The van der Waals surface area contributed by atoms with Crippen molar-refractivity contribution in [3.05, 3.63) is 41.2 Å². The molecular weight excluding hydrogens is 326 g/mol. The largest absolute Gasteiger partial charge is 0.348 e. The summed E-state index contributed by atoms with van der Waals surface area (Å²) in [4.78, 5) is 0.851. The number of thioether (sulfide) groups is 1. The molecule has 0 spiro atoms. The molecule has 7 heteroatoms. The van der Waals surface area contributed by atoms with Crippen molar-refractivity contribution < 1.29 is 5.73 Å². The molecule has 1 aromatic carbocycles. The molecule has 0 aliphatic rings. The smallest absolute Gasteiger partial charge is 0.235 e. The highest BCUT2D eigenvalue weighted by molar-refractivity contribution is 8.00. The van der Waals surface area contributed by atoms with Crippen molar-refractivity contribution in [2.75, 3.05) is 0 Å². The third-order valence-electron chi connectivity index (χ3n) is 4.27. The third-order valence-corrected chi connectivity index (χ3v) is 6.35. The predicted molar refractivity (Wildman–Crippen MR) is 94.5 cm³/mol. The maximum atomic E-state index is 4.69. The number of hydrogen-bond donors (Lipinski definition) is 1. The second kappa shape index (κ2) is 6.98. The number of fused-ring (bicyclic) bond motifs is 1. The Labute approximate surface area is 144 Å². The second-order valence-corrected chi connectivity index (χ2v) is 8.01. The zero-order chi connectivity index (χ0) is 16.4. The van der Waals surface area contributed by atoms with E-state index in [0.29, 0.717) is 5.92 Å². The summed E-state index contributed by atoms with van der Waals surface area (Å²) in [7, 11) is 0. The van der Waals surface area contributed by atoms with E-state index in [9.17, 15) is 0 Å². The maximum Gasteiger partial charge on any atom is 0.235 e. The van der Waals surface area contributed by atoms with Gasteiger partial charge in [-0.2, -0.15) is 4.52 Å². The van der Waals surface area contributed by atoms with Crippen molar-refractivity contribution in [3.8, 4) is 0 Å². The van der Waals surface area contributed by atoms with Crippen LogP contribution in [0.4, 0.5) is 0 Å². The molecule has 0 radical (unpaired) electrons. The minimum Gasteiger partial charge on any atom is -0.348 e. The van der Waals surface area contributed by atoms with Gasteiger partial charge in [0.15, 0.2) is 4.34 Å². The van der Waals surface area contributed by atoms with Crippen LogP contribution in [0.3, 0.4) is 0 Å². The van der Waals surface area contributed by atoms with Gasteiger partial charge in [-0.15, -0.1) is 15.3 Å². The number of benzene rings is 1. The number of quaternary nitrogens is 1. The molecule has 3 rings (SSSR count). The number of hydrogen-bond acceptors (Lipinski definition) is 5. The Morgan fingerprint density at radius 2 is 2.09 bits per heavy atom. The van der Waals surface area contributed by atoms with E-state index in [1.807, 2.05) is 4.52 Å². The number of nitrogens with zero attached hydrogens (tertiary/aromatic N) is 4. The van der Waals surface area contributed by atoms with Gasteiger partial charge >= 0.3 is 0 Å². The fourth-order valence-corrected chi connectivity index (χ4v) is 4.31. The Hall–Kier alpha value is -1.44. The SMILES string of the molecule is CC[C@H](C)[C@H]([NH3+])c1nnc2sc(SCc3ccccc3C)nn12. The summed E-state index contributed by atoms with van der Waals surface area (Å²) >= 11 is 3.34. The molecule has 0 saturated carbocycles. The minimum absolute atomic E-state index is 0.117. The van der Waals surface area contributed by atoms with Crippen LogP contribution in [0.1, 0.15) is 43.3 Å². The van der Waals surface area contributed by atoms with Crippen molar-refractivity contribution in [3.63, 3.8) is 0 Å². The Kier molecular flexibility index (Phi) is 4.99. The number of rotatable bonds is 6. The average molecular weight is 349 g/mol. The topological polar surface area (TPSA) is 70.7 Å². The molecule has 122 valence electrons. The van der Waals surface area contributed by atoms with Gasteiger partial charge in [-0.1, -0.05) is 61.2 Å². The van der Waals surface area contributed by atoms with Crippen molar-refractivity contribution in [1.82, 2.24) is 19.8 Å². The van der Waals surface area contributed by atoms with E-state index in [0.717, 1.165) is 27.3 Å². The summed E-state index contributed by atoms with van der Waals surface area (Å²) in [5, 5.41) is 13.2. The molecule has 3 N–H and O–H groups in total. The molecule has 0 aliphatic heterocycles. The van der Waals surface area contributed by atoms with Gasteiger partial charge in [0.05, 0.1) is 0 Å². The fourth-order valence-electron chi connectivity index (χ4n) is 2.35. The van der Waals surface area contributed by atoms with E-state index in [4.69, 9.17) is 0 Å². The van der Waals surface area contributed by atoms with E-state index in [2.05, 4.69) is 66.1 Å². The van der Waals surface area contributed by atoms with Crippen molar-refractivity contribution >= 4 is 28.1 Å². The summed E-state index contributed by atoms with van der Waals surface area (Å²) in [5.41, 5.74) is 6.91. The molecule has 3 aromatic rings. The molecule has 2 heterocycles. The first-order chi connectivity index (χ1) is 11.1. The van der Waals surface area contributed by atoms with Gasteiger partial charge in [-0.05, 0) is 24.5 Å². The summed E-state index contributed by atoms with van der Waals surface area (Å²) in [6.45, 7) is 6.51. The van der Waals surface area contributed by atoms with E-state index in [1.165, 1.54) is 11.1 Å². The molecular formula is C16H22N5S2+. The van der Waals surface area contributed by atoms with Gasteiger partial charge in [-0.3, -0.25) is 0 Å². The Morgan fingerprint density at radius 3 is 2.83 bits per heavy atom. The lowest BCUT2D eigenvalue weighted by Gasteiger charge is -2.11. The van der Waals surface area contributed by atoms with Crippen LogP contribution in [0.15, 0.2) is 28.6 Å². The lowest BCUT2D eigenvalue weighted by atomic mass is 10.00. The molecule has 0 fully saturated rings. The van der Waals surface area contributed by atoms with Gasteiger partial charge in [0.1, 0.15) is 6.04 Å². The Bertz CT molecular complexity index is 795. The van der Waals surface area contributed by atoms with E-state index in [-0.39, 0.29) is 6.04 Å². The lowest BCUT2D eigenvalue weighted by molar-refractivity contribution is -0.441. The number of aromatic nitrogens is 4. The van der Waals surface area contributed by atoms with Crippen LogP contribution in [0, 0.1) is 12.8 Å². The summed E-state index contributed by atoms with van der Waals surface area (Å²) in [6.07, 6.45) is 1.07. The highest BCUT2D eigenvalue weighted by Crippen LogP contribution is 2.29. The van der Waals surface area contributed by atoms with Crippen LogP contribution < -0.4 is 5.73 Å². The Balaban J connectivity index is 1.78. The maximum absolute atomic E-state index is 4.69. The molecule has 0 aliphatic carbocycles.